The Kier molecular flexibility index (Phi) is 21.1. The number of ether oxygens (including phenoxy) is 7. The first-order valence-electron chi connectivity index (χ1n) is 14.2. The quantitative estimate of drug-likeness (QED) is 0.177. The lowest BCUT2D eigenvalue weighted by Crippen LogP contribution is -2.60. The number of nitrogens with one attached hydrogen (secondary N) is 1. The van der Waals surface area contributed by atoms with E-state index in [9.17, 15) is 18.0 Å². The van der Waals surface area contributed by atoms with Gasteiger partial charge in [0.2, 0.25) is 5.91 Å². The highest BCUT2D eigenvalue weighted by Crippen LogP contribution is 2.46. The van der Waals surface area contributed by atoms with Gasteiger partial charge in [0.1, 0.15) is 5.41 Å². The van der Waals surface area contributed by atoms with Crippen molar-refractivity contribution in [3.8, 4) is 0 Å². The van der Waals surface area contributed by atoms with E-state index in [-0.39, 0.29) is 38.3 Å². The highest BCUT2D eigenvalue weighted by Gasteiger charge is 2.61. The molecule has 2 rings (SSSR count). The summed E-state index contributed by atoms with van der Waals surface area (Å²) in [5.41, 5.74) is -2.25. The molecule has 2 saturated heterocycles. The van der Waals surface area contributed by atoms with Crippen LogP contribution >= 0.6 is 12.4 Å². The molecule has 2 heterocycles. The van der Waals surface area contributed by atoms with Crippen molar-refractivity contribution in [3.05, 3.63) is 0 Å². The SMILES string of the molecule is COCCOCCOCCOCCOCCOCCOCCN1CCN(C(=O)C2(C(F)(F)F)CCNCC2)CC1.Cl. The number of carbonyl (C=O) groups is 1. The van der Waals surface area contributed by atoms with Crippen LogP contribution in [0.15, 0.2) is 0 Å². The summed E-state index contributed by atoms with van der Waals surface area (Å²) >= 11 is 0. The molecule has 0 unspecified atom stereocenters. The molecule has 41 heavy (non-hydrogen) atoms. The normalized spacial score (nSPS) is 17.9. The molecular weight excluding hydrogens is 575 g/mol. The predicted molar refractivity (Wildman–Crippen MR) is 148 cm³/mol. The van der Waals surface area contributed by atoms with Crippen LogP contribution in [0.4, 0.5) is 13.2 Å². The van der Waals surface area contributed by atoms with Gasteiger partial charge in [-0.15, -0.1) is 12.4 Å². The van der Waals surface area contributed by atoms with Gasteiger partial charge in [-0.2, -0.15) is 13.2 Å². The standard InChI is InChI=1S/C26H48F3N3O8.ClH/c1-34-12-13-36-16-17-38-20-21-40-23-22-39-19-18-37-15-14-35-11-10-31-6-8-32(9-7-31)24(33)25(26(27,28)29)2-4-30-5-3-25;/h30H,2-23H2,1H3;1H. The van der Waals surface area contributed by atoms with Crippen LogP contribution in [0.25, 0.3) is 0 Å². The number of hydrogen-bond acceptors (Lipinski definition) is 10. The van der Waals surface area contributed by atoms with Gasteiger partial charge >= 0.3 is 6.18 Å². The zero-order valence-electron chi connectivity index (χ0n) is 24.3. The lowest BCUT2D eigenvalue weighted by molar-refractivity contribution is -0.234. The number of piperidine rings is 1. The summed E-state index contributed by atoms with van der Waals surface area (Å²) in [6.07, 6.45) is -4.93. The third-order valence-corrected chi connectivity index (χ3v) is 6.91. The fraction of sp³-hybridized carbons (Fsp3) is 0.962. The first-order valence-corrected chi connectivity index (χ1v) is 14.2. The van der Waals surface area contributed by atoms with Crippen molar-refractivity contribution in [2.45, 2.75) is 19.0 Å². The Hall–Kier alpha value is -0.810. The maximum atomic E-state index is 13.8. The minimum atomic E-state index is -4.53. The summed E-state index contributed by atoms with van der Waals surface area (Å²) < 4.78 is 79.0. The minimum Gasteiger partial charge on any atom is -0.382 e. The zero-order chi connectivity index (χ0) is 28.9. The van der Waals surface area contributed by atoms with Crippen molar-refractivity contribution in [3.63, 3.8) is 0 Å². The summed E-state index contributed by atoms with van der Waals surface area (Å²) in [4.78, 5) is 16.4. The minimum absolute atomic E-state index is 0. The van der Waals surface area contributed by atoms with Crippen molar-refractivity contribution >= 4 is 18.3 Å². The maximum absolute atomic E-state index is 13.8. The average molecular weight is 624 g/mol. The summed E-state index contributed by atoms with van der Waals surface area (Å²) in [5, 5.41) is 2.92. The summed E-state index contributed by atoms with van der Waals surface area (Å²) in [5.74, 6) is -0.771. The lowest BCUT2D eigenvalue weighted by Gasteiger charge is -2.43. The molecule has 2 fully saturated rings. The molecule has 1 N–H and O–H groups in total. The number of rotatable bonds is 22. The molecule has 2 aliphatic heterocycles. The highest BCUT2D eigenvalue weighted by molar-refractivity contribution is 5.85. The van der Waals surface area contributed by atoms with Crippen LogP contribution in [-0.4, -0.2) is 161 Å². The fourth-order valence-corrected chi connectivity index (χ4v) is 4.49. The molecule has 2 aliphatic rings. The van der Waals surface area contributed by atoms with Crippen LogP contribution in [0.1, 0.15) is 12.8 Å². The van der Waals surface area contributed by atoms with Gasteiger partial charge in [0.15, 0.2) is 0 Å². The van der Waals surface area contributed by atoms with E-state index in [0.717, 1.165) is 0 Å². The van der Waals surface area contributed by atoms with Gasteiger partial charge in [-0.3, -0.25) is 9.69 Å². The number of carbonyl (C=O) groups excluding carboxylic acids is 1. The number of alkyl halides is 3. The third kappa shape index (κ3) is 15.0. The van der Waals surface area contributed by atoms with E-state index >= 15 is 0 Å². The number of halogens is 4. The van der Waals surface area contributed by atoms with E-state index in [1.54, 1.807) is 7.11 Å². The Labute approximate surface area is 248 Å². The number of nitrogens with zero attached hydrogens (tertiary/aromatic N) is 2. The largest absolute Gasteiger partial charge is 0.403 e. The Bertz CT molecular complexity index is 656. The summed E-state index contributed by atoms with van der Waals surface area (Å²) in [6.45, 7) is 9.24. The Morgan fingerprint density at radius 2 is 1.07 bits per heavy atom. The molecule has 244 valence electrons. The molecule has 0 saturated carbocycles. The second kappa shape index (κ2) is 22.7. The predicted octanol–water partition coefficient (Wildman–Crippen LogP) is 1.23. The smallest absolute Gasteiger partial charge is 0.382 e. The van der Waals surface area contributed by atoms with Gasteiger partial charge in [-0.1, -0.05) is 0 Å². The fourth-order valence-electron chi connectivity index (χ4n) is 4.49. The first kappa shape index (κ1) is 38.2. The van der Waals surface area contributed by atoms with E-state index in [1.165, 1.54) is 4.90 Å². The Morgan fingerprint density at radius 3 is 1.46 bits per heavy atom. The molecule has 0 atom stereocenters. The van der Waals surface area contributed by atoms with Crippen molar-refractivity contribution < 1.29 is 51.1 Å². The third-order valence-electron chi connectivity index (χ3n) is 6.91. The van der Waals surface area contributed by atoms with E-state index in [0.29, 0.717) is 119 Å². The molecule has 0 aliphatic carbocycles. The van der Waals surface area contributed by atoms with E-state index in [1.807, 2.05) is 0 Å². The van der Waals surface area contributed by atoms with E-state index in [4.69, 9.17) is 33.2 Å². The van der Waals surface area contributed by atoms with E-state index < -0.39 is 17.5 Å². The number of piperazine rings is 1. The molecule has 0 aromatic rings. The second-order valence-corrected chi connectivity index (χ2v) is 9.63. The van der Waals surface area contributed by atoms with Crippen molar-refractivity contribution in [1.29, 1.82) is 0 Å². The van der Waals surface area contributed by atoms with Crippen molar-refractivity contribution in [2.75, 3.05) is 139 Å². The molecule has 0 bridgehead atoms. The van der Waals surface area contributed by atoms with Gasteiger partial charge in [0.05, 0.1) is 85.9 Å². The van der Waals surface area contributed by atoms with Crippen LogP contribution < -0.4 is 5.32 Å². The molecule has 0 aromatic carbocycles. The lowest BCUT2D eigenvalue weighted by atomic mass is 9.76. The molecule has 0 spiro atoms. The number of methoxy groups -OCH3 is 1. The molecule has 0 aromatic heterocycles. The number of amides is 1. The Balaban J connectivity index is 0.00000840. The zero-order valence-corrected chi connectivity index (χ0v) is 25.1. The van der Waals surface area contributed by atoms with Crippen LogP contribution in [0, 0.1) is 5.41 Å². The monoisotopic (exact) mass is 623 g/mol. The Morgan fingerprint density at radius 1 is 0.683 bits per heavy atom. The number of hydrogen-bond donors (Lipinski definition) is 1. The first-order chi connectivity index (χ1) is 19.4. The van der Waals surface area contributed by atoms with Gasteiger partial charge in [-0.05, 0) is 25.9 Å². The maximum Gasteiger partial charge on any atom is 0.403 e. The molecule has 1 amide bonds. The van der Waals surface area contributed by atoms with Gasteiger partial charge in [0, 0.05) is 39.8 Å². The second-order valence-electron chi connectivity index (χ2n) is 9.63. The highest BCUT2D eigenvalue weighted by atomic mass is 35.5. The van der Waals surface area contributed by atoms with Crippen LogP contribution in [0.3, 0.4) is 0 Å². The van der Waals surface area contributed by atoms with E-state index in [2.05, 4.69) is 10.2 Å². The molecule has 11 nitrogen and oxygen atoms in total. The van der Waals surface area contributed by atoms with Crippen LogP contribution in [0.5, 0.6) is 0 Å². The topological polar surface area (TPSA) is 100 Å². The van der Waals surface area contributed by atoms with Crippen LogP contribution in [0.2, 0.25) is 0 Å². The van der Waals surface area contributed by atoms with Crippen molar-refractivity contribution in [2.24, 2.45) is 5.41 Å². The summed E-state index contributed by atoms with van der Waals surface area (Å²) in [7, 11) is 1.63. The summed E-state index contributed by atoms with van der Waals surface area (Å²) in [6, 6.07) is 0. The molecule has 15 heteroatoms. The van der Waals surface area contributed by atoms with Gasteiger partial charge in [-0.25, -0.2) is 0 Å². The van der Waals surface area contributed by atoms with Gasteiger partial charge in [0.25, 0.3) is 0 Å². The van der Waals surface area contributed by atoms with Crippen molar-refractivity contribution in [1.82, 2.24) is 15.1 Å². The molecule has 0 radical (unpaired) electrons. The van der Waals surface area contributed by atoms with Gasteiger partial charge < -0.3 is 43.4 Å². The van der Waals surface area contributed by atoms with Crippen LogP contribution in [-0.2, 0) is 38.0 Å². The molecular formula is C26H49ClF3N3O8. The average Bonchev–Trinajstić information content (AvgIpc) is 2.96.